The largest absolute Gasteiger partial charge is 0.298 e. The van der Waals surface area contributed by atoms with Crippen LogP contribution >= 0.6 is 0 Å². The van der Waals surface area contributed by atoms with Gasteiger partial charge in [0.25, 0.3) is 0 Å². The molecule has 1 aliphatic carbocycles. The van der Waals surface area contributed by atoms with Gasteiger partial charge in [0.15, 0.2) is 5.82 Å². The Hall–Kier alpha value is -1.86. The number of benzene rings is 1. The summed E-state index contributed by atoms with van der Waals surface area (Å²) in [5.74, 6) is 0.515. The number of rotatable bonds is 4. The zero-order chi connectivity index (χ0) is 19.7. The van der Waals surface area contributed by atoms with Gasteiger partial charge in [0, 0.05) is 37.8 Å². The number of halogens is 1. The van der Waals surface area contributed by atoms with Gasteiger partial charge in [-0.15, -0.1) is 5.10 Å². The second kappa shape index (κ2) is 7.87. The van der Waals surface area contributed by atoms with Crippen LogP contribution in [0.3, 0.4) is 0 Å². The standard InChI is InChI=1S/C21H31FN6/c1-21(2,3)28-20(23-24-25-28)19(17-10-6-7-11-18(17)22)27-14-12-26(13-15-27)16-8-4-5-9-16/h6-7,10-11,16,19H,4-5,8-9,12-15H2,1-3H3/t19-/m0/s1. The smallest absolute Gasteiger partial charge is 0.173 e. The summed E-state index contributed by atoms with van der Waals surface area (Å²) >= 11 is 0. The van der Waals surface area contributed by atoms with Crippen molar-refractivity contribution in [1.29, 1.82) is 0 Å². The van der Waals surface area contributed by atoms with E-state index in [1.807, 2.05) is 16.8 Å². The molecule has 1 atom stereocenters. The Balaban J connectivity index is 1.64. The lowest BCUT2D eigenvalue weighted by atomic mass is 10.0. The van der Waals surface area contributed by atoms with Crippen LogP contribution in [0.5, 0.6) is 0 Å². The Kier molecular flexibility index (Phi) is 5.47. The van der Waals surface area contributed by atoms with Gasteiger partial charge in [-0.2, -0.15) is 0 Å². The maximum atomic E-state index is 14.8. The van der Waals surface area contributed by atoms with Gasteiger partial charge in [0.2, 0.25) is 0 Å². The summed E-state index contributed by atoms with van der Waals surface area (Å²) in [6, 6.07) is 7.48. The van der Waals surface area contributed by atoms with Gasteiger partial charge >= 0.3 is 0 Å². The third-order valence-electron chi connectivity index (χ3n) is 6.13. The predicted molar refractivity (Wildman–Crippen MR) is 106 cm³/mol. The first-order valence-corrected chi connectivity index (χ1v) is 10.5. The molecule has 0 spiro atoms. The predicted octanol–water partition coefficient (Wildman–Crippen LogP) is 3.22. The highest BCUT2D eigenvalue weighted by Gasteiger charge is 2.35. The molecule has 1 saturated heterocycles. The third-order valence-corrected chi connectivity index (χ3v) is 6.13. The molecule has 2 aromatic rings. The second-order valence-electron chi connectivity index (χ2n) is 9.05. The third kappa shape index (κ3) is 3.82. The van der Waals surface area contributed by atoms with E-state index in [1.165, 1.54) is 31.7 Å². The molecule has 7 heteroatoms. The number of nitrogens with zero attached hydrogens (tertiary/aromatic N) is 6. The first-order valence-electron chi connectivity index (χ1n) is 10.5. The van der Waals surface area contributed by atoms with E-state index in [-0.39, 0.29) is 17.4 Å². The maximum absolute atomic E-state index is 14.8. The highest BCUT2D eigenvalue weighted by atomic mass is 19.1. The Morgan fingerprint density at radius 1 is 1.04 bits per heavy atom. The van der Waals surface area contributed by atoms with Crippen molar-refractivity contribution < 1.29 is 4.39 Å². The monoisotopic (exact) mass is 386 g/mol. The number of hydrogen-bond acceptors (Lipinski definition) is 5. The van der Waals surface area contributed by atoms with Crippen molar-refractivity contribution in [3.8, 4) is 0 Å². The molecular formula is C21H31FN6. The van der Waals surface area contributed by atoms with Gasteiger partial charge in [-0.05, 0) is 50.1 Å². The zero-order valence-electron chi connectivity index (χ0n) is 17.2. The maximum Gasteiger partial charge on any atom is 0.173 e. The number of aromatic nitrogens is 4. The Morgan fingerprint density at radius 2 is 1.71 bits per heavy atom. The normalized spacial score (nSPS) is 21.3. The lowest BCUT2D eigenvalue weighted by Crippen LogP contribution is -2.51. The van der Waals surface area contributed by atoms with Gasteiger partial charge in [0.1, 0.15) is 11.9 Å². The lowest BCUT2D eigenvalue weighted by Gasteiger charge is -2.41. The number of hydrogen-bond donors (Lipinski definition) is 0. The summed E-state index contributed by atoms with van der Waals surface area (Å²) in [5, 5.41) is 12.5. The highest BCUT2D eigenvalue weighted by Crippen LogP contribution is 2.33. The summed E-state index contributed by atoms with van der Waals surface area (Å²) in [6.07, 6.45) is 5.34. The van der Waals surface area contributed by atoms with Crippen LogP contribution in [0.1, 0.15) is 63.9 Å². The summed E-state index contributed by atoms with van der Waals surface area (Å²) in [5.41, 5.74) is 0.380. The van der Waals surface area contributed by atoms with Crippen molar-refractivity contribution in [2.75, 3.05) is 26.2 Å². The van der Waals surface area contributed by atoms with Crippen molar-refractivity contribution in [2.24, 2.45) is 0 Å². The van der Waals surface area contributed by atoms with Crippen LogP contribution in [0, 0.1) is 5.82 Å². The summed E-state index contributed by atoms with van der Waals surface area (Å²) in [6.45, 7) is 10.0. The van der Waals surface area contributed by atoms with Gasteiger partial charge in [-0.1, -0.05) is 31.0 Å². The minimum absolute atomic E-state index is 0.200. The molecule has 0 N–H and O–H groups in total. The van der Waals surface area contributed by atoms with E-state index in [9.17, 15) is 4.39 Å². The Labute approximate surface area is 166 Å². The van der Waals surface area contributed by atoms with E-state index in [0.717, 1.165) is 32.2 Å². The fourth-order valence-electron chi connectivity index (χ4n) is 4.67. The first kappa shape index (κ1) is 19.5. The van der Waals surface area contributed by atoms with Crippen LogP contribution in [0.2, 0.25) is 0 Å². The molecular weight excluding hydrogens is 355 g/mol. The molecule has 28 heavy (non-hydrogen) atoms. The molecule has 0 bridgehead atoms. The van der Waals surface area contributed by atoms with Gasteiger partial charge in [-0.3, -0.25) is 9.80 Å². The van der Waals surface area contributed by atoms with Crippen molar-refractivity contribution in [3.05, 3.63) is 41.5 Å². The Morgan fingerprint density at radius 3 is 2.36 bits per heavy atom. The van der Waals surface area contributed by atoms with Gasteiger partial charge < -0.3 is 0 Å². The van der Waals surface area contributed by atoms with Gasteiger partial charge in [0.05, 0.1) is 5.54 Å². The van der Waals surface area contributed by atoms with Crippen LogP contribution in [0.4, 0.5) is 4.39 Å². The molecule has 0 radical (unpaired) electrons. The van der Waals surface area contributed by atoms with E-state index >= 15 is 0 Å². The first-order chi connectivity index (χ1) is 13.4. The van der Waals surface area contributed by atoms with E-state index in [4.69, 9.17) is 0 Å². The van der Waals surface area contributed by atoms with Crippen LogP contribution in [0.15, 0.2) is 24.3 Å². The zero-order valence-corrected chi connectivity index (χ0v) is 17.2. The second-order valence-corrected chi connectivity index (χ2v) is 9.05. The molecule has 1 aromatic carbocycles. The average Bonchev–Trinajstić information content (AvgIpc) is 3.36. The summed E-state index contributed by atoms with van der Waals surface area (Å²) in [4.78, 5) is 4.96. The summed E-state index contributed by atoms with van der Waals surface area (Å²) in [7, 11) is 0. The molecule has 1 aliphatic heterocycles. The Bertz CT molecular complexity index is 784. The topological polar surface area (TPSA) is 50.1 Å². The fourth-order valence-corrected chi connectivity index (χ4v) is 4.67. The van der Waals surface area contributed by atoms with E-state index < -0.39 is 0 Å². The van der Waals surface area contributed by atoms with Crippen molar-refractivity contribution >= 4 is 0 Å². The van der Waals surface area contributed by atoms with Crippen molar-refractivity contribution in [1.82, 2.24) is 30.0 Å². The molecule has 0 unspecified atom stereocenters. The molecule has 1 saturated carbocycles. The highest BCUT2D eigenvalue weighted by molar-refractivity contribution is 5.27. The number of tetrazole rings is 1. The molecule has 6 nitrogen and oxygen atoms in total. The van der Waals surface area contributed by atoms with E-state index in [0.29, 0.717) is 11.4 Å². The quantitative estimate of drug-likeness (QED) is 0.808. The van der Waals surface area contributed by atoms with Gasteiger partial charge in [-0.25, -0.2) is 9.07 Å². The molecule has 2 heterocycles. The minimum atomic E-state index is -0.277. The average molecular weight is 387 g/mol. The van der Waals surface area contributed by atoms with Crippen LogP contribution in [-0.2, 0) is 5.54 Å². The molecule has 4 rings (SSSR count). The van der Waals surface area contributed by atoms with Crippen molar-refractivity contribution in [2.45, 2.75) is 64.1 Å². The molecule has 2 fully saturated rings. The molecule has 0 amide bonds. The van der Waals surface area contributed by atoms with Crippen LogP contribution in [-0.4, -0.2) is 62.2 Å². The molecule has 152 valence electrons. The fraction of sp³-hybridized carbons (Fsp3) is 0.667. The molecule has 1 aromatic heterocycles. The number of piperazine rings is 1. The van der Waals surface area contributed by atoms with Crippen molar-refractivity contribution in [3.63, 3.8) is 0 Å². The lowest BCUT2D eigenvalue weighted by molar-refractivity contribution is 0.0746. The van der Waals surface area contributed by atoms with Crippen LogP contribution in [0.25, 0.3) is 0 Å². The molecule has 2 aliphatic rings. The summed E-state index contributed by atoms with van der Waals surface area (Å²) < 4.78 is 16.7. The van der Waals surface area contributed by atoms with Crippen LogP contribution < -0.4 is 0 Å². The SMILES string of the molecule is CC(C)(C)n1nnnc1[C@H](c1ccccc1F)N1CCN(C2CCCC2)CC1. The van der Waals surface area contributed by atoms with E-state index in [1.54, 1.807) is 6.07 Å². The van der Waals surface area contributed by atoms with E-state index in [2.05, 4.69) is 46.1 Å². The minimum Gasteiger partial charge on any atom is -0.298 e.